The Kier molecular flexibility index (Phi) is 4.61. The number of carbonyl (C=O) groups is 3. The van der Waals surface area contributed by atoms with Crippen molar-refractivity contribution in [1.29, 1.82) is 0 Å². The molecule has 0 bridgehead atoms. The lowest BCUT2D eigenvalue weighted by atomic mass is 9.97. The van der Waals surface area contributed by atoms with E-state index in [0.717, 1.165) is 0 Å². The summed E-state index contributed by atoms with van der Waals surface area (Å²) in [5.41, 5.74) is -0.214. The molecular weight excluding hydrogens is 322 g/mol. The van der Waals surface area contributed by atoms with E-state index in [1.54, 1.807) is 23.2 Å². The molecule has 8 heteroatoms. The second-order valence-electron chi connectivity index (χ2n) is 6.85. The first-order valence-electron chi connectivity index (χ1n) is 8.51. The Labute approximate surface area is 146 Å². The average Bonchev–Trinajstić information content (AvgIpc) is 2.68. The van der Waals surface area contributed by atoms with Crippen molar-refractivity contribution in [2.75, 3.05) is 18.4 Å². The van der Waals surface area contributed by atoms with Crippen LogP contribution >= 0.6 is 0 Å². The van der Waals surface area contributed by atoms with E-state index in [1.165, 1.54) is 0 Å². The quantitative estimate of drug-likeness (QED) is 0.739. The number of rotatable bonds is 3. The smallest absolute Gasteiger partial charge is 0.256 e. The molecule has 1 atom stereocenters. The summed E-state index contributed by atoms with van der Waals surface area (Å²) in [5.74, 6) is 0.0793. The molecule has 0 aliphatic carbocycles. The van der Waals surface area contributed by atoms with Crippen molar-refractivity contribution >= 4 is 23.5 Å². The summed E-state index contributed by atoms with van der Waals surface area (Å²) in [6, 6.07) is 3.45. The van der Waals surface area contributed by atoms with E-state index in [9.17, 15) is 14.4 Å². The van der Waals surface area contributed by atoms with Gasteiger partial charge in [0.1, 0.15) is 11.5 Å². The van der Waals surface area contributed by atoms with Crippen LogP contribution in [0.2, 0.25) is 0 Å². The highest BCUT2D eigenvalue weighted by Crippen LogP contribution is 2.30. The lowest BCUT2D eigenvalue weighted by molar-refractivity contribution is -0.135. The molecule has 0 aromatic carbocycles. The molecule has 8 nitrogen and oxygen atoms in total. The zero-order chi connectivity index (χ0) is 18.0. The van der Waals surface area contributed by atoms with Gasteiger partial charge in [-0.05, 0) is 32.4 Å². The Hall–Kier alpha value is -2.64. The SMILES string of the molecule is CC(C)NC(=O)CN1CC[C@@]2(CCC1=O)NC(=O)c1cccnc1N2. The molecule has 0 saturated carbocycles. The molecule has 1 saturated heterocycles. The Bertz CT molecular complexity index is 705. The number of aromatic nitrogens is 1. The van der Waals surface area contributed by atoms with Gasteiger partial charge in [0.05, 0.1) is 12.1 Å². The number of hydrogen-bond donors (Lipinski definition) is 3. The van der Waals surface area contributed by atoms with Crippen LogP contribution in [0.15, 0.2) is 18.3 Å². The van der Waals surface area contributed by atoms with Gasteiger partial charge in [0.25, 0.3) is 5.91 Å². The minimum atomic E-state index is -0.711. The number of amides is 3. The zero-order valence-electron chi connectivity index (χ0n) is 14.5. The van der Waals surface area contributed by atoms with Gasteiger partial charge in [0, 0.05) is 31.6 Å². The maximum atomic E-state index is 12.4. The number of carbonyl (C=O) groups excluding carboxylic acids is 3. The van der Waals surface area contributed by atoms with Crippen LogP contribution in [0, 0.1) is 0 Å². The maximum absolute atomic E-state index is 12.4. The molecule has 1 fully saturated rings. The van der Waals surface area contributed by atoms with Crippen molar-refractivity contribution in [1.82, 2.24) is 20.5 Å². The summed E-state index contributed by atoms with van der Waals surface area (Å²) in [6.45, 7) is 4.18. The largest absolute Gasteiger partial charge is 0.352 e. The number of fused-ring (bicyclic) bond motifs is 1. The van der Waals surface area contributed by atoms with Crippen LogP contribution in [0.4, 0.5) is 5.82 Å². The normalized spacial score (nSPS) is 22.9. The molecule has 3 N–H and O–H groups in total. The zero-order valence-corrected chi connectivity index (χ0v) is 14.5. The predicted octanol–water partition coefficient (Wildman–Crippen LogP) is 0.470. The van der Waals surface area contributed by atoms with Gasteiger partial charge < -0.3 is 20.9 Å². The van der Waals surface area contributed by atoms with E-state index in [0.29, 0.717) is 30.8 Å². The molecule has 3 heterocycles. The van der Waals surface area contributed by atoms with E-state index in [2.05, 4.69) is 20.9 Å². The van der Waals surface area contributed by atoms with Crippen LogP contribution < -0.4 is 16.0 Å². The monoisotopic (exact) mass is 345 g/mol. The van der Waals surface area contributed by atoms with Crippen molar-refractivity contribution in [3.8, 4) is 0 Å². The van der Waals surface area contributed by atoms with Gasteiger partial charge in [-0.2, -0.15) is 0 Å². The van der Waals surface area contributed by atoms with Crippen molar-refractivity contribution in [2.24, 2.45) is 0 Å². The predicted molar refractivity (Wildman–Crippen MR) is 91.8 cm³/mol. The second-order valence-corrected chi connectivity index (χ2v) is 6.85. The molecule has 1 aromatic rings. The fourth-order valence-electron chi connectivity index (χ4n) is 3.24. The van der Waals surface area contributed by atoms with Crippen LogP contribution in [-0.4, -0.2) is 52.4 Å². The number of pyridine rings is 1. The molecule has 2 aliphatic rings. The van der Waals surface area contributed by atoms with Gasteiger partial charge in [-0.1, -0.05) is 0 Å². The highest BCUT2D eigenvalue weighted by molar-refractivity contribution is 6.01. The summed E-state index contributed by atoms with van der Waals surface area (Å²) >= 11 is 0. The Morgan fingerprint density at radius 3 is 2.92 bits per heavy atom. The molecule has 0 radical (unpaired) electrons. The Morgan fingerprint density at radius 1 is 1.36 bits per heavy atom. The van der Waals surface area contributed by atoms with Crippen LogP contribution in [0.5, 0.6) is 0 Å². The van der Waals surface area contributed by atoms with E-state index in [1.807, 2.05) is 13.8 Å². The molecule has 2 aliphatic heterocycles. The molecule has 0 unspecified atom stereocenters. The highest BCUT2D eigenvalue weighted by atomic mass is 16.2. The summed E-state index contributed by atoms with van der Waals surface area (Å²) in [6.07, 6.45) is 2.85. The lowest BCUT2D eigenvalue weighted by Crippen LogP contribution is -2.58. The average molecular weight is 345 g/mol. The minimum absolute atomic E-state index is 0.0304. The lowest BCUT2D eigenvalue weighted by Gasteiger charge is -2.39. The summed E-state index contributed by atoms with van der Waals surface area (Å²) in [5, 5.41) is 9.07. The van der Waals surface area contributed by atoms with Crippen molar-refractivity contribution in [3.63, 3.8) is 0 Å². The molecule has 134 valence electrons. The number of hydrogen-bond acceptors (Lipinski definition) is 5. The first kappa shape index (κ1) is 17.2. The number of nitrogens with zero attached hydrogens (tertiary/aromatic N) is 2. The maximum Gasteiger partial charge on any atom is 0.256 e. The van der Waals surface area contributed by atoms with Gasteiger partial charge in [-0.15, -0.1) is 0 Å². The summed E-state index contributed by atoms with van der Waals surface area (Å²) in [4.78, 5) is 42.5. The molecule has 1 spiro atoms. The molecule has 3 amide bonds. The molecular formula is C17H23N5O3. The number of likely N-dealkylation sites (tertiary alicyclic amines) is 1. The van der Waals surface area contributed by atoms with E-state index < -0.39 is 5.66 Å². The number of anilines is 1. The van der Waals surface area contributed by atoms with Crippen molar-refractivity contribution in [3.05, 3.63) is 23.9 Å². The van der Waals surface area contributed by atoms with Crippen molar-refractivity contribution < 1.29 is 14.4 Å². The third kappa shape index (κ3) is 3.72. The third-order valence-electron chi connectivity index (χ3n) is 4.47. The van der Waals surface area contributed by atoms with Gasteiger partial charge in [0.15, 0.2) is 0 Å². The fraction of sp³-hybridized carbons (Fsp3) is 0.529. The summed E-state index contributed by atoms with van der Waals surface area (Å²) in [7, 11) is 0. The van der Waals surface area contributed by atoms with Crippen molar-refractivity contribution in [2.45, 2.75) is 44.8 Å². The van der Waals surface area contributed by atoms with E-state index >= 15 is 0 Å². The topological polar surface area (TPSA) is 103 Å². The minimum Gasteiger partial charge on any atom is -0.352 e. The fourth-order valence-corrected chi connectivity index (χ4v) is 3.24. The molecule has 25 heavy (non-hydrogen) atoms. The molecule has 3 rings (SSSR count). The van der Waals surface area contributed by atoms with Crippen LogP contribution in [0.25, 0.3) is 0 Å². The van der Waals surface area contributed by atoms with E-state index in [4.69, 9.17) is 0 Å². The highest BCUT2D eigenvalue weighted by Gasteiger charge is 2.41. The van der Waals surface area contributed by atoms with Gasteiger partial charge in [-0.3, -0.25) is 14.4 Å². The Morgan fingerprint density at radius 2 is 2.16 bits per heavy atom. The summed E-state index contributed by atoms with van der Waals surface area (Å²) < 4.78 is 0. The molecule has 1 aromatic heterocycles. The second kappa shape index (κ2) is 6.70. The Balaban J connectivity index is 1.72. The van der Waals surface area contributed by atoms with E-state index in [-0.39, 0.29) is 36.7 Å². The standard InChI is InChI=1S/C17H23N5O3/c1-11(2)19-13(23)10-22-9-7-17(6-5-14(22)24)20-15-12(16(25)21-17)4-3-8-18-15/h3-4,8,11H,5-7,9-10H2,1-2H3,(H,18,20)(H,19,23)(H,21,25)/t17-/m1/s1. The van der Waals surface area contributed by atoms with Crippen LogP contribution in [-0.2, 0) is 9.59 Å². The first-order valence-corrected chi connectivity index (χ1v) is 8.51. The third-order valence-corrected chi connectivity index (χ3v) is 4.47. The first-order chi connectivity index (χ1) is 11.9. The van der Waals surface area contributed by atoms with Gasteiger partial charge >= 0.3 is 0 Å². The van der Waals surface area contributed by atoms with Gasteiger partial charge in [0.2, 0.25) is 11.8 Å². The van der Waals surface area contributed by atoms with Crippen LogP contribution in [0.1, 0.15) is 43.5 Å². The number of nitrogens with one attached hydrogen (secondary N) is 3. The van der Waals surface area contributed by atoms with Gasteiger partial charge in [-0.25, -0.2) is 4.98 Å². The van der Waals surface area contributed by atoms with Crippen LogP contribution in [0.3, 0.4) is 0 Å².